The highest BCUT2D eigenvalue weighted by atomic mass is 14.9. The monoisotopic (exact) mass is 250 g/mol. The Morgan fingerprint density at radius 3 is 1.63 bits per heavy atom. The van der Waals surface area contributed by atoms with Crippen LogP contribution in [0.3, 0.4) is 0 Å². The van der Waals surface area contributed by atoms with Crippen molar-refractivity contribution in [3.63, 3.8) is 0 Å². The van der Waals surface area contributed by atoms with Crippen molar-refractivity contribution in [2.75, 3.05) is 13.1 Å². The molecule has 0 aromatic heterocycles. The third-order valence-electron chi connectivity index (χ3n) is 3.06. The molecule has 0 aliphatic carbocycles. The predicted octanol–water partition coefficient (Wildman–Crippen LogP) is 3.01. The highest BCUT2D eigenvalue weighted by molar-refractivity contribution is 5.25. The molecule has 0 amide bonds. The lowest BCUT2D eigenvalue weighted by atomic mass is 10.1. The molecule has 19 heavy (non-hydrogen) atoms. The second-order valence-electron chi connectivity index (χ2n) is 4.63. The molecule has 2 aromatic carbocycles. The molecule has 96 valence electrons. The molecule has 1 aliphatic rings. The highest BCUT2D eigenvalue weighted by Crippen LogP contribution is 2.07. The van der Waals surface area contributed by atoms with Crippen LogP contribution in [0.15, 0.2) is 60.7 Å². The normalized spacial score (nSPS) is 13.6. The molecule has 0 atom stereocenters. The quantitative estimate of drug-likeness (QED) is 0.889. The van der Waals surface area contributed by atoms with E-state index in [0.717, 1.165) is 19.5 Å². The molecule has 3 rings (SSSR count). The molecule has 2 nitrogen and oxygen atoms in total. The van der Waals surface area contributed by atoms with Crippen molar-refractivity contribution in [3.05, 3.63) is 71.8 Å². The summed E-state index contributed by atoms with van der Waals surface area (Å²) in [5.74, 6) is 0.310. The van der Waals surface area contributed by atoms with Crippen molar-refractivity contribution in [1.82, 2.24) is 5.32 Å². The zero-order valence-electron chi connectivity index (χ0n) is 10.9. The highest BCUT2D eigenvalue weighted by Gasteiger charge is 2.13. The average Bonchev–Trinajstić information content (AvgIpc) is 2.40. The Labute approximate surface area is 114 Å². The van der Waals surface area contributed by atoms with E-state index in [-0.39, 0.29) is 0 Å². The summed E-state index contributed by atoms with van der Waals surface area (Å²) in [6.07, 6.45) is 1.03. The van der Waals surface area contributed by atoms with Crippen LogP contribution in [0, 0.1) is 17.2 Å². The van der Waals surface area contributed by atoms with Gasteiger partial charge < -0.3 is 5.32 Å². The Kier molecular flexibility index (Phi) is 5.16. The number of hydrogen-bond acceptors (Lipinski definition) is 2. The number of rotatable bonds is 2. The predicted molar refractivity (Wildman–Crippen MR) is 77.7 cm³/mol. The van der Waals surface area contributed by atoms with Crippen LogP contribution in [0.5, 0.6) is 0 Å². The van der Waals surface area contributed by atoms with Crippen molar-refractivity contribution in [3.8, 4) is 6.07 Å². The summed E-state index contributed by atoms with van der Waals surface area (Å²) in [4.78, 5) is 0. The van der Waals surface area contributed by atoms with Gasteiger partial charge in [-0.3, -0.25) is 0 Å². The van der Waals surface area contributed by atoms with Gasteiger partial charge in [0, 0.05) is 13.1 Å². The molecule has 0 spiro atoms. The Balaban J connectivity index is 0.000000186. The third kappa shape index (κ3) is 4.57. The second-order valence-corrected chi connectivity index (χ2v) is 4.63. The van der Waals surface area contributed by atoms with E-state index in [1.165, 1.54) is 11.1 Å². The maximum atomic E-state index is 8.10. The van der Waals surface area contributed by atoms with Gasteiger partial charge in [-0.1, -0.05) is 60.7 Å². The number of nitrogens with zero attached hydrogens (tertiary/aromatic N) is 1. The first kappa shape index (κ1) is 13.3. The molecule has 2 aromatic rings. The Hall–Kier alpha value is -2.11. The lowest BCUT2D eigenvalue weighted by Crippen LogP contribution is -2.40. The number of benzene rings is 2. The van der Waals surface area contributed by atoms with E-state index >= 15 is 0 Å². The molecule has 0 saturated carbocycles. The summed E-state index contributed by atoms with van der Waals surface area (Å²) in [5, 5.41) is 11.1. The minimum absolute atomic E-state index is 0.310. The maximum Gasteiger partial charge on any atom is 0.0712 e. The molecule has 2 heteroatoms. The van der Waals surface area contributed by atoms with Gasteiger partial charge in [-0.25, -0.2) is 0 Å². The number of nitrogens with one attached hydrogen (secondary N) is 1. The fraction of sp³-hybridized carbons (Fsp3) is 0.235. The molecule has 1 saturated heterocycles. The lowest BCUT2D eigenvalue weighted by Gasteiger charge is -2.18. The summed E-state index contributed by atoms with van der Waals surface area (Å²) in [6, 6.07) is 23.2. The van der Waals surface area contributed by atoms with E-state index in [1.807, 2.05) is 0 Å². The van der Waals surface area contributed by atoms with Gasteiger partial charge in [-0.2, -0.15) is 5.26 Å². The van der Waals surface area contributed by atoms with Crippen LogP contribution in [0.1, 0.15) is 11.1 Å². The third-order valence-corrected chi connectivity index (χ3v) is 3.06. The largest absolute Gasteiger partial charge is 0.314 e. The van der Waals surface area contributed by atoms with Crippen molar-refractivity contribution >= 4 is 0 Å². The van der Waals surface area contributed by atoms with Crippen molar-refractivity contribution < 1.29 is 0 Å². The van der Waals surface area contributed by atoms with Crippen molar-refractivity contribution in [2.45, 2.75) is 6.42 Å². The minimum atomic E-state index is 0.310. The molecule has 1 aliphatic heterocycles. The van der Waals surface area contributed by atoms with E-state index in [2.05, 4.69) is 72.0 Å². The first-order valence-corrected chi connectivity index (χ1v) is 6.56. The average molecular weight is 250 g/mol. The standard InChI is InChI=1S/C13H12.C4H6N2/c1-3-7-12(8-4-1)11-13-9-5-2-6-10-13;5-1-4-2-6-3-4/h1-10H,11H2;4,6H,2-3H2. The van der Waals surface area contributed by atoms with Crippen LogP contribution in [-0.4, -0.2) is 13.1 Å². The van der Waals surface area contributed by atoms with E-state index in [9.17, 15) is 0 Å². The number of hydrogen-bond donors (Lipinski definition) is 1. The van der Waals surface area contributed by atoms with E-state index < -0.39 is 0 Å². The molecule has 0 radical (unpaired) electrons. The summed E-state index contributed by atoms with van der Waals surface area (Å²) >= 11 is 0. The van der Waals surface area contributed by atoms with E-state index in [0.29, 0.717) is 5.92 Å². The fourth-order valence-corrected chi connectivity index (χ4v) is 1.81. The summed E-state index contributed by atoms with van der Waals surface area (Å²) in [5.41, 5.74) is 2.74. The summed E-state index contributed by atoms with van der Waals surface area (Å²) in [6.45, 7) is 1.80. The minimum Gasteiger partial charge on any atom is -0.314 e. The van der Waals surface area contributed by atoms with E-state index in [4.69, 9.17) is 5.26 Å². The van der Waals surface area contributed by atoms with Gasteiger partial charge in [0.15, 0.2) is 0 Å². The number of nitriles is 1. The van der Waals surface area contributed by atoms with Crippen LogP contribution in [0.4, 0.5) is 0 Å². The zero-order valence-corrected chi connectivity index (χ0v) is 10.9. The Morgan fingerprint density at radius 1 is 0.895 bits per heavy atom. The van der Waals surface area contributed by atoms with Gasteiger partial charge in [0.1, 0.15) is 0 Å². The summed E-state index contributed by atoms with van der Waals surface area (Å²) < 4.78 is 0. The fourth-order valence-electron chi connectivity index (χ4n) is 1.81. The van der Waals surface area contributed by atoms with Crippen molar-refractivity contribution in [1.29, 1.82) is 5.26 Å². The van der Waals surface area contributed by atoms with Crippen LogP contribution in [0.25, 0.3) is 0 Å². The molecule has 1 fully saturated rings. The first-order chi connectivity index (χ1) is 9.38. The molecule has 1 heterocycles. The zero-order chi connectivity index (χ0) is 13.3. The van der Waals surface area contributed by atoms with Crippen LogP contribution < -0.4 is 5.32 Å². The van der Waals surface area contributed by atoms with Gasteiger partial charge in [0.05, 0.1) is 12.0 Å². The van der Waals surface area contributed by atoms with Crippen LogP contribution in [-0.2, 0) is 6.42 Å². The molecule has 0 unspecified atom stereocenters. The van der Waals surface area contributed by atoms with E-state index in [1.54, 1.807) is 0 Å². The second kappa shape index (κ2) is 7.35. The van der Waals surface area contributed by atoms with Crippen molar-refractivity contribution in [2.24, 2.45) is 5.92 Å². The van der Waals surface area contributed by atoms with Crippen LogP contribution in [0.2, 0.25) is 0 Å². The smallest absolute Gasteiger partial charge is 0.0712 e. The molecule has 1 N–H and O–H groups in total. The van der Waals surface area contributed by atoms with Gasteiger partial charge in [-0.15, -0.1) is 0 Å². The topological polar surface area (TPSA) is 35.8 Å². The van der Waals surface area contributed by atoms with Gasteiger partial charge >= 0.3 is 0 Å². The van der Waals surface area contributed by atoms with Gasteiger partial charge in [-0.05, 0) is 17.5 Å². The summed E-state index contributed by atoms with van der Waals surface area (Å²) in [7, 11) is 0. The molecular weight excluding hydrogens is 232 g/mol. The van der Waals surface area contributed by atoms with Gasteiger partial charge in [0.2, 0.25) is 0 Å². The molecule has 0 bridgehead atoms. The SMILES string of the molecule is N#CC1CNC1.c1ccc(Cc2ccccc2)cc1. The van der Waals surface area contributed by atoms with Crippen LogP contribution >= 0.6 is 0 Å². The molecular formula is C17H18N2. The van der Waals surface area contributed by atoms with Gasteiger partial charge in [0.25, 0.3) is 0 Å². The lowest BCUT2D eigenvalue weighted by molar-refractivity contribution is 0.428. The maximum absolute atomic E-state index is 8.10. The Bertz CT molecular complexity index is 472. The first-order valence-electron chi connectivity index (χ1n) is 6.56. The Morgan fingerprint density at radius 2 is 1.37 bits per heavy atom.